The first-order valence-electron chi connectivity index (χ1n) is 4.91. The minimum absolute atomic E-state index is 0.0523. The topological polar surface area (TPSA) is 55.1 Å². The van der Waals surface area contributed by atoms with Gasteiger partial charge in [0, 0.05) is 16.6 Å². The Morgan fingerprint density at radius 1 is 1.60 bits per heavy atom. The number of benzene rings is 1. The van der Waals surface area contributed by atoms with Gasteiger partial charge in [-0.2, -0.15) is 0 Å². The Bertz CT molecular complexity index is 406. The first kappa shape index (κ1) is 10.6. The molecule has 0 aliphatic heterocycles. The van der Waals surface area contributed by atoms with Crippen LogP contribution in [0.3, 0.4) is 0 Å². The third-order valence-corrected chi connectivity index (χ3v) is 3.65. The summed E-state index contributed by atoms with van der Waals surface area (Å²) in [6.45, 7) is 1.96. The van der Waals surface area contributed by atoms with Gasteiger partial charge in [-0.1, -0.05) is 12.1 Å². The number of carbonyl (C=O) groups is 1. The van der Waals surface area contributed by atoms with Crippen molar-refractivity contribution in [1.29, 1.82) is 0 Å². The van der Waals surface area contributed by atoms with Crippen LogP contribution in [0.5, 0.6) is 0 Å². The van der Waals surface area contributed by atoms with E-state index in [0.717, 1.165) is 16.5 Å². The smallest absolute Gasteiger partial charge is 0.252 e. The second-order valence-electron chi connectivity index (χ2n) is 3.92. The summed E-state index contributed by atoms with van der Waals surface area (Å²) in [6.07, 6.45) is 0.884. The first-order valence-corrected chi connectivity index (χ1v) is 5.70. The molecule has 0 bridgehead atoms. The molecule has 1 aliphatic carbocycles. The van der Waals surface area contributed by atoms with Crippen LogP contribution >= 0.6 is 15.9 Å². The number of rotatable bonds is 2. The molecule has 15 heavy (non-hydrogen) atoms. The van der Waals surface area contributed by atoms with Crippen LogP contribution in [0, 0.1) is 6.92 Å². The summed E-state index contributed by atoms with van der Waals surface area (Å²) in [6, 6.07) is 5.94. The minimum Gasteiger partial charge on any atom is -0.348 e. The summed E-state index contributed by atoms with van der Waals surface area (Å²) in [5.41, 5.74) is 7.37. The Balaban J connectivity index is 2.14. The van der Waals surface area contributed by atoms with Gasteiger partial charge in [-0.15, -0.1) is 0 Å². The molecule has 1 aliphatic rings. The van der Waals surface area contributed by atoms with Crippen molar-refractivity contribution in [2.45, 2.75) is 25.4 Å². The van der Waals surface area contributed by atoms with Crippen molar-refractivity contribution in [1.82, 2.24) is 5.32 Å². The molecule has 2 atom stereocenters. The van der Waals surface area contributed by atoms with E-state index in [1.807, 2.05) is 19.1 Å². The lowest BCUT2D eigenvalue weighted by atomic mass is 10.1. The third-order valence-electron chi connectivity index (χ3n) is 2.59. The van der Waals surface area contributed by atoms with Gasteiger partial charge in [-0.05, 0) is 40.9 Å². The maximum atomic E-state index is 11.8. The van der Waals surface area contributed by atoms with E-state index in [-0.39, 0.29) is 18.0 Å². The summed E-state index contributed by atoms with van der Waals surface area (Å²) < 4.78 is 0.858. The van der Waals surface area contributed by atoms with Crippen LogP contribution in [0.25, 0.3) is 0 Å². The van der Waals surface area contributed by atoms with Crippen molar-refractivity contribution in [3.63, 3.8) is 0 Å². The molecule has 0 saturated heterocycles. The lowest BCUT2D eigenvalue weighted by molar-refractivity contribution is 0.0949. The van der Waals surface area contributed by atoms with E-state index in [2.05, 4.69) is 21.2 Å². The lowest BCUT2D eigenvalue weighted by Crippen LogP contribution is -2.29. The molecule has 2 unspecified atom stereocenters. The Morgan fingerprint density at radius 2 is 2.27 bits per heavy atom. The molecule has 1 aromatic rings. The van der Waals surface area contributed by atoms with E-state index < -0.39 is 0 Å². The normalized spacial score (nSPS) is 23.7. The molecular weight excluding hydrogens is 256 g/mol. The van der Waals surface area contributed by atoms with Gasteiger partial charge < -0.3 is 11.1 Å². The highest BCUT2D eigenvalue weighted by molar-refractivity contribution is 9.10. The van der Waals surface area contributed by atoms with Crippen molar-refractivity contribution in [3.8, 4) is 0 Å². The molecule has 0 heterocycles. The Kier molecular flexibility index (Phi) is 2.80. The highest BCUT2D eigenvalue weighted by Gasteiger charge is 2.35. The zero-order valence-corrected chi connectivity index (χ0v) is 10.0. The van der Waals surface area contributed by atoms with E-state index in [1.165, 1.54) is 0 Å². The van der Waals surface area contributed by atoms with Gasteiger partial charge in [-0.25, -0.2) is 0 Å². The number of nitrogens with two attached hydrogens (primary N) is 1. The van der Waals surface area contributed by atoms with Gasteiger partial charge in [0.15, 0.2) is 0 Å². The molecule has 2 rings (SSSR count). The van der Waals surface area contributed by atoms with E-state index in [4.69, 9.17) is 5.73 Å². The molecular formula is C11H13BrN2O. The van der Waals surface area contributed by atoms with Crippen LogP contribution < -0.4 is 11.1 Å². The molecule has 0 radical (unpaired) electrons. The lowest BCUT2D eigenvalue weighted by Gasteiger charge is -2.07. The number of halogens is 1. The van der Waals surface area contributed by atoms with Gasteiger partial charge in [0.1, 0.15) is 0 Å². The Labute approximate surface area is 97.2 Å². The molecule has 4 heteroatoms. The number of hydrogen-bond acceptors (Lipinski definition) is 2. The molecule has 1 aromatic carbocycles. The van der Waals surface area contributed by atoms with Gasteiger partial charge in [0.25, 0.3) is 5.91 Å². The summed E-state index contributed by atoms with van der Waals surface area (Å²) >= 11 is 3.41. The highest BCUT2D eigenvalue weighted by atomic mass is 79.9. The predicted octanol–water partition coefficient (Wildman–Crippen LogP) is 1.59. The summed E-state index contributed by atoms with van der Waals surface area (Å²) in [5, 5.41) is 2.89. The fraction of sp³-hybridized carbons (Fsp3) is 0.364. The maximum Gasteiger partial charge on any atom is 0.252 e. The monoisotopic (exact) mass is 268 g/mol. The Hall–Kier alpha value is -0.870. The van der Waals surface area contributed by atoms with Crippen LogP contribution in [0.1, 0.15) is 22.3 Å². The maximum absolute atomic E-state index is 11.8. The van der Waals surface area contributed by atoms with E-state index in [9.17, 15) is 4.79 Å². The van der Waals surface area contributed by atoms with Crippen LogP contribution in [-0.2, 0) is 0 Å². The molecule has 3 N–H and O–H groups in total. The average Bonchev–Trinajstić information content (AvgIpc) is 2.86. The summed E-state index contributed by atoms with van der Waals surface area (Å²) in [5.74, 6) is -0.0523. The molecule has 80 valence electrons. The van der Waals surface area contributed by atoms with E-state index in [0.29, 0.717) is 5.56 Å². The van der Waals surface area contributed by atoms with Crippen molar-refractivity contribution in [2.75, 3.05) is 0 Å². The van der Waals surface area contributed by atoms with Crippen LogP contribution in [0.4, 0.5) is 0 Å². The zero-order valence-electron chi connectivity index (χ0n) is 8.46. The second-order valence-corrected chi connectivity index (χ2v) is 4.71. The van der Waals surface area contributed by atoms with Gasteiger partial charge in [0.2, 0.25) is 0 Å². The van der Waals surface area contributed by atoms with Gasteiger partial charge in [0.05, 0.1) is 5.56 Å². The number of carbonyl (C=O) groups excluding carboxylic acids is 1. The summed E-state index contributed by atoms with van der Waals surface area (Å²) in [4.78, 5) is 11.8. The fourth-order valence-corrected chi connectivity index (χ4v) is 1.89. The van der Waals surface area contributed by atoms with Crippen LogP contribution in [-0.4, -0.2) is 18.0 Å². The van der Waals surface area contributed by atoms with Crippen molar-refractivity contribution < 1.29 is 4.79 Å². The molecule has 0 aromatic heterocycles. The molecule has 1 saturated carbocycles. The fourth-order valence-electron chi connectivity index (χ4n) is 1.45. The molecule has 1 fully saturated rings. The number of amides is 1. The average molecular weight is 269 g/mol. The van der Waals surface area contributed by atoms with Crippen LogP contribution in [0.15, 0.2) is 22.7 Å². The second kappa shape index (κ2) is 3.94. The van der Waals surface area contributed by atoms with Crippen molar-refractivity contribution in [2.24, 2.45) is 5.73 Å². The zero-order chi connectivity index (χ0) is 11.0. The Morgan fingerprint density at radius 3 is 2.87 bits per heavy atom. The third kappa shape index (κ3) is 2.21. The van der Waals surface area contributed by atoms with E-state index in [1.54, 1.807) is 6.07 Å². The van der Waals surface area contributed by atoms with Crippen molar-refractivity contribution >= 4 is 21.8 Å². The predicted molar refractivity (Wildman–Crippen MR) is 62.7 cm³/mol. The van der Waals surface area contributed by atoms with Gasteiger partial charge in [-0.3, -0.25) is 4.79 Å². The van der Waals surface area contributed by atoms with Crippen molar-refractivity contribution in [3.05, 3.63) is 33.8 Å². The highest BCUT2D eigenvalue weighted by Crippen LogP contribution is 2.23. The van der Waals surface area contributed by atoms with Gasteiger partial charge >= 0.3 is 0 Å². The summed E-state index contributed by atoms with van der Waals surface area (Å²) in [7, 11) is 0. The quantitative estimate of drug-likeness (QED) is 0.856. The minimum atomic E-state index is -0.0523. The SMILES string of the molecule is Cc1cccc(C(=O)NC2CC2N)c1Br. The van der Waals surface area contributed by atoms with E-state index >= 15 is 0 Å². The molecule has 0 spiro atoms. The van der Waals surface area contributed by atoms with Crippen LogP contribution in [0.2, 0.25) is 0 Å². The standard InChI is InChI=1S/C11H13BrN2O/c1-6-3-2-4-7(10(6)12)11(15)14-9-5-8(9)13/h2-4,8-9H,5,13H2,1H3,(H,14,15). The largest absolute Gasteiger partial charge is 0.348 e. The number of aryl methyl sites for hydroxylation is 1. The number of nitrogens with one attached hydrogen (secondary N) is 1. The number of hydrogen-bond donors (Lipinski definition) is 2. The molecule has 1 amide bonds. The first-order chi connectivity index (χ1) is 7.09. The molecule has 3 nitrogen and oxygen atoms in total.